The lowest BCUT2D eigenvalue weighted by molar-refractivity contribution is -0.152. The molecule has 6 nitrogen and oxygen atoms in total. The van der Waals surface area contributed by atoms with E-state index in [1.807, 2.05) is 0 Å². The summed E-state index contributed by atoms with van der Waals surface area (Å²) in [4.78, 5) is 16.9. The number of hydrogen-bond acceptors (Lipinski definition) is 6. The molecule has 0 heterocycles. The number of alkyl halides is 3. The molecule has 31 heavy (non-hydrogen) atoms. The SMILES string of the molecule is CC(C)=NOCCOC(=O)C(C)Oc1cccc(Oc2ccc(C(F)(F)F)cc2Cl)c1. The van der Waals surface area contributed by atoms with Gasteiger partial charge in [-0.1, -0.05) is 22.8 Å². The zero-order valence-corrected chi connectivity index (χ0v) is 17.8. The molecule has 1 atom stereocenters. The van der Waals surface area contributed by atoms with Crippen LogP contribution in [0.3, 0.4) is 0 Å². The number of hydrogen-bond donors (Lipinski definition) is 0. The summed E-state index contributed by atoms with van der Waals surface area (Å²) in [7, 11) is 0. The highest BCUT2D eigenvalue weighted by Crippen LogP contribution is 2.36. The molecule has 0 saturated carbocycles. The lowest BCUT2D eigenvalue weighted by atomic mass is 10.2. The molecular weight excluding hydrogens is 439 g/mol. The quantitative estimate of drug-likeness (QED) is 0.203. The predicted molar refractivity (Wildman–Crippen MR) is 109 cm³/mol. The lowest BCUT2D eigenvalue weighted by Crippen LogP contribution is -2.27. The van der Waals surface area contributed by atoms with Crippen molar-refractivity contribution >= 4 is 23.3 Å². The summed E-state index contributed by atoms with van der Waals surface area (Å²) in [6.07, 6.45) is -5.42. The van der Waals surface area contributed by atoms with Gasteiger partial charge in [-0.15, -0.1) is 0 Å². The molecule has 1 unspecified atom stereocenters. The molecule has 168 valence electrons. The van der Waals surface area contributed by atoms with E-state index in [4.69, 9.17) is 30.6 Å². The summed E-state index contributed by atoms with van der Waals surface area (Å²) in [5.41, 5.74) is -0.140. The number of benzene rings is 2. The Hall–Kier alpha value is -2.94. The Labute approximate surface area is 182 Å². The second-order valence-electron chi connectivity index (χ2n) is 6.52. The first kappa shape index (κ1) is 24.3. The summed E-state index contributed by atoms with van der Waals surface area (Å²) < 4.78 is 54.4. The highest BCUT2D eigenvalue weighted by atomic mass is 35.5. The van der Waals surface area contributed by atoms with Gasteiger partial charge >= 0.3 is 12.1 Å². The number of carbonyl (C=O) groups excluding carboxylic acids is 1. The fraction of sp³-hybridized carbons (Fsp3) is 0.333. The zero-order valence-electron chi connectivity index (χ0n) is 17.0. The lowest BCUT2D eigenvalue weighted by Gasteiger charge is -2.15. The van der Waals surface area contributed by atoms with Crippen molar-refractivity contribution in [3.05, 3.63) is 53.1 Å². The van der Waals surface area contributed by atoms with Gasteiger partial charge in [0.1, 0.15) is 23.9 Å². The fourth-order valence-corrected chi connectivity index (χ4v) is 2.44. The van der Waals surface area contributed by atoms with E-state index in [2.05, 4.69) is 5.16 Å². The molecule has 0 aromatic heterocycles. The standard InChI is InChI=1S/C21H21ClF3NO5/c1-13(2)26-29-10-9-28-20(27)14(3)30-16-5-4-6-17(12-16)31-19-8-7-15(11-18(19)22)21(23,24)25/h4-8,11-12,14H,9-10H2,1-3H3. The monoisotopic (exact) mass is 459 g/mol. The average molecular weight is 460 g/mol. The van der Waals surface area contributed by atoms with Crippen LogP contribution in [0.15, 0.2) is 47.6 Å². The van der Waals surface area contributed by atoms with Crippen LogP contribution in [-0.4, -0.2) is 31.0 Å². The van der Waals surface area contributed by atoms with Crippen LogP contribution in [0.5, 0.6) is 17.2 Å². The molecule has 0 aliphatic rings. The maximum absolute atomic E-state index is 12.7. The minimum Gasteiger partial charge on any atom is -0.479 e. The first-order valence-corrected chi connectivity index (χ1v) is 9.55. The van der Waals surface area contributed by atoms with Crippen LogP contribution in [0.4, 0.5) is 13.2 Å². The van der Waals surface area contributed by atoms with Gasteiger partial charge in [0, 0.05) is 6.07 Å². The largest absolute Gasteiger partial charge is 0.479 e. The van der Waals surface area contributed by atoms with E-state index >= 15 is 0 Å². The Bertz CT molecular complexity index is 929. The van der Waals surface area contributed by atoms with Gasteiger partial charge in [-0.25, -0.2) is 4.79 Å². The van der Waals surface area contributed by atoms with Gasteiger partial charge in [-0.3, -0.25) is 0 Å². The predicted octanol–water partition coefficient (Wildman–Crippen LogP) is 5.87. The second-order valence-corrected chi connectivity index (χ2v) is 6.93. The van der Waals surface area contributed by atoms with Crippen molar-refractivity contribution in [2.45, 2.75) is 33.1 Å². The Kier molecular flexibility index (Phi) is 8.56. The van der Waals surface area contributed by atoms with E-state index < -0.39 is 23.8 Å². The molecule has 10 heteroatoms. The van der Waals surface area contributed by atoms with Crippen molar-refractivity contribution in [2.75, 3.05) is 13.2 Å². The van der Waals surface area contributed by atoms with Gasteiger partial charge in [0.15, 0.2) is 12.7 Å². The highest BCUT2D eigenvalue weighted by Gasteiger charge is 2.31. The smallest absolute Gasteiger partial charge is 0.416 e. The molecule has 0 amide bonds. The highest BCUT2D eigenvalue weighted by molar-refractivity contribution is 6.32. The van der Waals surface area contributed by atoms with Crippen molar-refractivity contribution in [1.29, 1.82) is 0 Å². The van der Waals surface area contributed by atoms with Gasteiger partial charge in [-0.2, -0.15) is 13.2 Å². The minimum absolute atomic E-state index is 0.0128. The van der Waals surface area contributed by atoms with Crippen molar-refractivity contribution < 1.29 is 37.0 Å². The summed E-state index contributed by atoms with van der Waals surface area (Å²) in [5, 5.41) is 3.52. The maximum Gasteiger partial charge on any atom is 0.416 e. The zero-order chi connectivity index (χ0) is 23.0. The van der Waals surface area contributed by atoms with E-state index in [0.29, 0.717) is 5.75 Å². The third-order valence-corrected chi connectivity index (χ3v) is 3.90. The van der Waals surface area contributed by atoms with Gasteiger partial charge < -0.3 is 19.0 Å². The summed E-state index contributed by atoms with van der Waals surface area (Å²) in [6, 6.07) is 9.01. The van der Waals surface area contributed by atoms with Crippen molar-refractivity contribution in [2.24, 2.45) is 5.16 Å². The van der Waals surface area contributed by atoms with E-state index in [0.717, 1.165) is 23.9 Å². The number of ether oxygens (including phenoxy) is 3. The van der Waals surface area contributed by atoms with Gasteiger partial charge in [-0.05, 0) is 51.1 Å². The number of rotatable bonds is 9. The molecule has 0 spiro atoms. The number of esters is 1. The van der Waals surface area contributed by atoms with Crippen LogP contribution in [0.2, 0.25) is 5.02 Å². The molecule has 0 aliphatic heterocycles. The maximum atomic E-state index is 12.7. The van der Waals surface area contributed by atoms with E-state index in [-0.39, 0.29) is 29.7 Å². The number of oxime groups is 1. The van der Waals surface area contributed by atoms with Crippen molar-refractivity contribution in [3.8, 4) is 17.2 Å². The van der Waals surface area contributed by atoms with E-state index in [1.165, 1.54) is 13.0 Å². The molecule has 0 bridgehead atoms. The Morgan fingerprint density at radius 3 is 2.45 bits per heavy atom. The van der Waals surface area contributed by atoms with Crippen molar-refractivity contribution in [1.82, 2.24) is 0 Å². The summed E-state index contributed by atoms with van der Waals surface area (Å²) >= 11 is 5.90. The Morgan fingerprint density at radius 1 is 1.10 bits per heavy atom. The molecule has 0 saturated heterocycles. The molecule has 0 aliphatic carbocycles. The van der Waals surface area contributed by atoms with Crippen LogP contribution in [0.1, 0.15) is 26.3 Å². The average Bonchev–Trinajstić information content (AvgIpc) is 2.68. The molecule has 0 fully saturated rings. The van der Waals surface area contributed by atoms with Gasteiger partial charge in [0.25, 0.3) is 0 Å². The van der Waals surface area contributed by atoms with Crippen LogP contribution in [0.25, 0.3) is 0 Å². The molecule has 2 aromatic rings. The van der Waals surface area contributed by atoms with E-state index in [1.54, 1.807) is 32.0 Å². The van der Waals surface area contributed by atoms with Crippen LogP contribution in [0, 0.1) is 0 Å². The number of halogens is 4. The topological polar surface area (TPSA) is 66.4 Å². The third-order valence-electron chi connectivity index (χ3n) is 3.60. The second kappa shape index (κ2) is 10.9. The molecule has 0 radical (unpaired) electrons. The molecular formula is C21H21ClF3NO5. The molecule has 2 aromatic carbocycles. The summed E-state index contributed by atoms with van der Waals surface area (Å²) in [6.45, 7) is 5.17. The van der Waals surface area contributed by atoms with Crippen molar-refractivity contribution in [3.63, 3.8) is 0 Å². The van der Waals surface area contributed by atoms with Crippen LogP contribution >= 0.6 is 11.6 Å². The fourth-order valence-electron chi connectivity index (χ4n) is 2.22. The van der Waals surface area contributed by atoms with Crippen LogP contribution in [-0.2, 0) is 20.5 Å². The third kappa shape index (κ3) is 8.01. The Morgan fingerprint density at radius 2 is 1.81 bits per heavy atom. The first-order chi connectivity index (χ1) is 14.6. The molecule has 0 N–H and O–H groups in total. The number of carbonyl (C=O) groups is 1. The normalized spacial score (nSPS) is 12.0. The minimum atomic E-state index is -4.51. The van der Waals surface area contributed by atoms with Gasteiger partial charge in [0.2, 0.25) is 0 Å². The molecule has 2 rings (SSSR count). The number of nitrogens with zero attached hydrogens (tertiary/aromatic N) is 1. The van der Waals surface area contributed by atoms with E-state index in [9.17, 15) is 18.0 Å². The van der Waals surface area contributed by atoms with Gasteiger partial charge in [0.05, 0.1) is 16.3 Å². The van der Waals surface area contributed by atoms with Crippen LogP contribution < -0.4 is 9.47 Å². The Balaban J connectivity index is 1.94. The first-order valence-electron chi connectivity index (χ1n) is 9.17. The summed E-state index contributed by atoms with van der Waals surface area (Å²) in [5.74, 6) is 0.00974.